The van der Waals surface area contributed by atoms with Gasteiger partial charge in [-0.1, -0.05) is 51.5 Å². The molecule has 2 heterocycles. The normalized spacial score (nSPS) is 27.4. The van der Waals surface area contributed by atoms with Crippen LogP contribution in [-0.4, -0.2) is 34.0 Å². The SMILES string of the molecule is Cc1nc2cccc(C#CCCCCCCNC3C[C@H]4CC[C@]3(C)C4(C)C)c2c(=O)n1[C@H]1CCC(=O)NC1=O. The number of carbonyl (C=O) groups is 2. The van der Waals surface area contributed by atoms with E-state index in [1.807, 2.05) is 12.1 Å². The lowest BCUT2D eigenvalue weighted by molar-refractivity contribution is -0.135. The molecule has 3 fully saturated rings. The van der Waals surface area contributed by atoms with Crippen molar-refractivity contribution in [2.75, 3.05) is 6.54 Å². The number of piperidine rings is 1. The van der Waals surface area contributed by atoms with Gasteiger partial charge in [0.05, 0.1) is 10.9 Å². The molecule has 1 aromatic carbocycles. The van der Waals surface area contributed by atoms with Crippen LogP contribution < -0.4 is 16.2 Å². The lowest BCUT2D eigenvalue weighted by atomic mass is 9.69. The molecule has 0 radical (unpaired) electrons. The van der Waals surface area contributed by atoms with Gasteiger partial charge >= 0.3 is 0 Å². The number of benzene rings is 1. The Morgan fingerprint density at radius 3 is 2.62 bits per heavy atom. The highest BCUT2D eigenvalue weighted by atomic mass is 16.2. The molecule has 2 N–H and O–H groups in total. The number of imide groups is 1. The van der Waals surface area contributed by atoms with Crippen LogP contribution in [0, 0.1) is 35.5 Å². The first-order valence-corrected chi connectivity index (χ1v) is 14.7. The molecule has 2 aromatic rings. The van der Waals surface area contributed by atoms with Crippen LogP contribution in [0.5, 0.6) is 0 Å². The molecule has 2 saturated carbocycles. The van der Waals surface area contributed by atoms with Crippen LogP contribution in [0.1, 0.15) is 102 Å². The molecule has 0 spiro atoms. The molecule has 2 bridgehead atoms. The summed E-state index contributed by atoms with van der Waals surface area (Å²) in [6, 6.07) is 5.43. The first-order valence-electron chi connectivity index (χ1n) is 14.7. The fraction of sp³-hybridized carbons (Fsp3) is 0.625. The van der Waals surface area contributed by atoms with Gasteiger partial charge in [-0.3, -0.25) is 24.3 Å². The van der Waals surface area contributed by atoms with Crippen LogP contribution >= 0.6 is 0 Å². The summed E-state index contributed by atoms with van der Waals surface area (Å²) in [5, 5.41) is 6.66. The predicted octanol–water partition coefficient (Wildman–Crippen LogP) is 4.79. The Morgan fingerprint density at radius 2 is 1.90 bits per heavy atom. The molecule has 4 atom stereocenters. The number of aryl methyl sites for hydroxylation is 1. The van der Waals surface area contributed by atoms with Crippen LogP contribution in [-0.2, 0) is 9.59 Å². The topological polar surface area (TPSA) is 93.1 Å². The van der Waals surface area contributed by atoms with Crippen molar-refractivity contribution >= 4 is 22.7 Å². The number of aromatic nitrogens is 2. The third kappa shape index (κ3) is 5.04. The van der Waals surface area contributed by atoms with Gasteiger partial charge in [0.1, 0.15) is 11.9 Å². The summed E-state index contributed by atoms with van der Waals surface area (Å²) in [6.45, 7) is 10.2. The maximum absolute atomic E-state index is 13.5. The number of rotatable bonds is 8. The van der Waals surface area contributed by atoms with Crippen LogP contribution in [0.25, 0.3) is 10.9 Å². The molecule has 2 aliphatic carbocycles. The van der Waals surface area contributed by atoms with Gasteiger partial charge in [0, 0.05) is 24.4 Å². The zero-order chi connectivity index (χ0) is 27.8. The molecule has 5 rings (SSSR count). The molecule has 3 aliphatic rings. The summed E-state index contributed by atoms with van der Waals surface area (Å²) in [4.78, 5) is 42.1. The molecule has 7 nitrogen and oxygen atoms in total. The second-order valence-electron chi connectivity index (χ2n) is 12.6. The van der Waals surface area contributed by atoms with Gasteiger partial charge in [0.2, 0.25) is 11.8 Å². The maximum atomic E-state index is 13.5. The van der Waals surface area contributed by atoms with E-state index < -0.39 is 11.9 Å². The van der Waals surface area contributed by atoms with Crippen molar-refractivity contribution in [2.45, 2.75) is 104 Å². The van der Waals surface area contributed by atoms with Gasteiger partial charge in [-0.25, -0.2) is 4.98 Å². The monoisotopic (exact) mass is 530 g/mol. The molecular weight excluding hydrogens is 488 g/mol. The summed E-state index contributed by atoms with van der Waals surface area (Å²) in [6.07, 6.45) is 9.93. The number of hydrogen-bond donors (Lipinski definition) is 2. The van der Waals surface area contributed by atoms with E-state index in [-0.39, 0.29) is 17.9 Å². The van der Waals surface area contributed by atoms with E-state index in [1.54, 1.807) is 13.0 Å². The predicted molar refractivity (Wildman–Crippen MR) is 153 cm³/mol. The summed E-state index contributed by atoms with van der Waals surface area (Å²) in [5.41, 5.74) is 1.83. The Hall–Kier alpha value is -2.98. The highest BCUT2D eigenvalue weighted by Gasteiger charge is 2.60. The van der Waals surface area contributed by atoms with E-state index in [1.165, 1.54) is 36.7 Å². The largest absolute Gasteiger partial charge is 0.313 e. The molecule has 1 aromatic heterocycles. The first-order chi connectivity index (χ1) is 18.6. The second-order valence-corrected chi connectivity index (χ2v) is 12.6. The van der Waals surface area contributed by atoms with Crippen molar-refractivity contribution < 1.29 is 9.59 Å². The minimum Gasteiger partial charge on any atom is -0.313 e. The van der Waals surface area contributed by atoms with Crippen LogP contribution in [0.4, 0.5) is 0 Å². The maximum Gasteiger partial charge on any atom is 0.263 e. The zero-order valence-electron chi connectivity index (χ0n) is 23.9. The van der Waals surface area contributed by atoms with Crippen LogP contribution in [0.2, 0.25) is 0 Å². The average molecular weight is 531 g/mol. The lowest BCUT2D eigenvalue weighted by Crippen LogP contribution is -2.45. The van der Waals surface area contributed by atoms with Crippen molar-refractivity contribution in [1.82, 2.24) is 20.2 Å². The van der Waals surface area contributed by atoms with E-state index >= 15 is 0 Å². The van der Waals surface area contributed by atoms with Crippen molar-refractivity contribution in [3.05, 3.63) is 39.9 Å². The van der Waals surface area contributed by atoms with Crippen molar-refractivity contribution in [1.29, 1.82) is 0 Å². The van der Waals surface area contributed by atoms with Gasteiger partial charge in [-0.2, -0.15) is 0 Å². The Balaban J connectivity index is 1.14. The van der Waals surface area contributed by atoms with Crippen LogP contribution in [0.15, 0.2) is 23.0 Å². The Kier molecular flexibility index (Phi) is 7.70. The average Bonchev–Trinajstić information content (AvgIpc) is 3.22. The zero-order valence-corrected chi connectivity index (χ0v) is 23.9. The van der Waals surface area contributed by atoms with Crippen molar-refractivity contribution in [3.63, 3.8) is 0 Å². The third-order valence-electron chi connectivity index (χ3n) is 10.3. The number of hydrogen-bond acceptors (Lipinski definition) is 5. The summed E-state index contributed by atoms with van der Waals surface area (Å²) < 4.78 is 1.42. The molecule has 39 heavy (non-hydrogen) atoms. The van der Waals surface area contributed by atoms with Crippen LogP contribution in [0.3, 0.4) is 0 Å². The quantitative estimate of drug-likeness (QED) is 0.291. The molecule has 2 amide bonds. The first kappa shape index (κ1) is 27.6. The van der Waals surface area contributed by atoms with E-state index in [0.29, 0.717) is 45.6 Å². The molecule has 1 unspecified atom stereocenters. The smallest absolute Gasteiger partial charge is 0.263 e. The molecule has 1 aliphatic heterocycles. The van der Waals surface area contributed by atoms with Gasteiger partial charge < -0.3 is 5.32 Å². The fourth-order valence-electron chi connectivity index (χ4n) is 7.39. The lowest BCUT2D eigenvalue weighted by Gasteiger charge is -2.39. The number of carbonyl (C=O) groups excluding carboxylic acids is 2. The van der Waals surface area contributed by atoms with E-state index in [4.69, 9.17) is 0 Å². The Labute approximate surface area is 231 Å². The summed E-state index contributed by atoms with van der Waals surface area (Å²) in [5.74, 6) is 7.02. The number of nitrogens with one attached hydrogen (secondary N) is 2. The van der Waals surface area contributed by atoms with Gasteiger partial charge in [0.25, 0.3) is 5.56 Å². The third-order valence-corrected chi connectivity index (χ3v) is 10.3. The Morgan fingerprint density at radius 1 is 1.10 bits per heavy atom. The fourth-order valence-corrected chi connectivity index (χ4v) is 7.39. The standard InChI is InChI=1S/C32H42N4O3/c1-21-34-24-14-11-13-22(28(24)30(39)36(21)25-15-16-27(37)35-29(25)38)12-9-7-5-6-8-10-19-33-26-20-23-17-18-32(26,4)31(23,2)3/h11,13-14,23,25-26,33H,5-8,10,15-20H2,1-4H3,(H,35,37,38)/t23-,25+,26?,32+/m1/s1. The van der Waals surface area contributed by atoms with Gasteiger partial charge in [0.15, 0.2) is 0 Å². The summed E-state index contributed by atoms with van der Waals surface area (Å²) >= 11 is 0. The van der Waals surface area contributed by atoms with Crippen molar-refractivity contribution in [3.8, 4) is 11.8 Å². The number of amides is 2. The van der Waals surface area contributed by atoms with Gasteiger partial charge in [-0.15, -0.1) is 0 Å². The second kappa shape index (κ2) is 10.9. The minimum absolute atomic E-state index is 0.205. The van der Waals surface area contributed by atoms with E-state index in [0.717, 1.165) is 31.7 Å². The van der Waals surface area contributed by atoms with Gasteiger partial charge in [-0.05, 0) is 80.9 Å². The van der Waals surface area contributed by atoms with E-state index in [9.17, 15) is 14.4 Å². The molecular formula is C32H42N4O3. The number of nitrogens with zero attached hydrogens (tertiary/aromatic N) is 2. The van der Waals surface area contributed by atoms with Crippen molar-refractivity contribution in [2.24, 2.45) is 16.7 Å². The molecule has 208 valence electrons. The Bertz CT molecular complexity index is 1400. The minimum atomic E-state index is -0.735. The number of unbranched alkanes of at least 4 members (excludes halogenated alkanes) is 4. The summed E-state index contributed by atoms with van der Waals surface area (Å²) in [7, 11) is 0. The van der Waals surface area contributed by atoms with E-state index in [2.05, 4.69) is 48.2 Å². The number of fused-ring (bicyclic) bond motifs is 3. The molecule has 7 heteroatoms. The highest BCUT2D eigenvalue weighted by molar-refractivity contribution is 5.99. The highest BCUT2D eigenvalue weighted by Crippen LogP contribution is 2.65. The molecule has 1 saturated heterocycles.